The van der Waals surface area contributed by atoms with Crippen molar-refractivity contribution in [3.63, 3.8) is 0 Å². The number of fused-ring (bicyclic) bond motifs is 2. The van der Waals surface area contributed by atoms with Crippen LogP contribution in [0.2, 0.25) is 0 Å². The highest BCUT2D eigenvalue weighted by atomic mass is 19.4. The number of aliphatic hydroxyl groups excluding tert-OH is 1. The highest BCUT2D eigenvalue weighted by Crippen LogP contribution is 2.53. The number of aliphatic hydroxyl groups is 1. The number of ether oxygens (including phenoxy) is 2. The lowest BCUT2D eigenvalue weighted by atomic mass is 9.65. The summed E-state index contributed by atoms with van der Waals surface area (Å²) < 4.78 is 52.8. The molecule has 7 rings (SSSR count). The van der Waals surface area contributed by atoms with E-state index in [1.807, 2.05) is 72.8 Å². The molecular formula is C43H52F3N3O5. The van der Waals surface area contributed by atoms with Gasteiger partial charge in [0, 0.05) is 43.7 Å². The predicted octanol–water partition coefficient (Wildman–Crippen LogP) is 7.71. The Kier molecular flexibility index (Phi) is 10.7. The van der Waals surface area contributed by atoms with E-state index in [1.54, 1.807) is 0 Å². The Morgan fingerprint density at radius 3 is 2.35 bits per heavy atom. The van der Waals surface area contributed by atoms with E-state index in [-0.39, 0.29) is 44.2 Å². The van der Waals surface area contributed by atoms with Crippen molar-refractivity contribution >= 4 is 11.8 Å². The fourth-order valence-electron chi connectivity index (χ4n) is 9.80. The molecule has 3 heterocycles. The number of amides is 2. The van der Waals surface area contributed by atoms with E-state index in [1.165, 1.54) is 19.3 Å². The standard InChI is InChI=1S/C43H52F3N3O5/c1-27-36(23-48-26-42(4)21-34(48)20-41(2,3)25-42)53-39(54-37(27)31-12-10-28(24-50)11-13-31)32-16-14-30(15-17-32)33-8-5-7-29(19-33)22-47-38(51)35-9-6-18-49(35)40(52)43(44,45)46/h5,7-8,10-17,19,27,34-37,39,50H,6,9,18,20-26H2,1-4H3,(H,47,51). The number of hydrogen-bond donors (Lipinski definition) is 2. The fourth-order valence-corrected chi connectivity index (χ4v) is 9.80. The van der Waals surface area contributed by atoms with Crippen molar-refractivity contribution in [2.45, 2.75) is 110 Å². The number of alkyl halides is 3. The SMILES string of the molecule is CC1C(CN2CC3(C)CC2CC(C)(C)C3)OC(c2ccc(-c3cccc(CNC(=O)C4CCCN4C(=O)C(F)(F)F)c3)cc2)OC1c1ccc(CO)cc1. The Bertz CT molecular complexity index is 1820. The molecule has 0 radical (unpaired) electrons. The summed E-state index contributed by atoms with van der Waals surface area (Å²) >= 11 is 0. The van der Waals surface area contributed by atoms with E-state index in [9.17, 15) is 27.9 Å². The maximum Gasteiger partial charge on any atom is 0.471 e. The number of rotatable bonds is 9. The summed E-state index contributed by atoms with van der Waals surface area (Å²) in [5, 5.41) is 12.4. The molecule has 8 nitrogen and oxygen atoms in total. The first kappa shape index (κ1) is 38.5. The molecule has 290 valence electrons. The van der Waals surface area contributed by atoms with Crippen LogP contribution in [0.1, 0.15) is 94.4 Å². The van der Waals surface area contributed by atoms with Crippen LogP contribution in [0, 0.1) is 16.7 Å². The van der Waals surface area contributed by atoms with E-state index >= 15 is 0 Å². The van der Waals surface area contributed by atoms with Crippen LogP contribution in [-0.2, 0) is 32.2 Å². The number of halogens is 3. The van der Waals surface area contributed by atoms with E-state index < -0.39 is 30.3 Å². The van der Waals surface area contributed by atoms with E-state index in [4.69, 9.17) is 9.47 Å². The summed E-state index contributed by atoms with van der Waals surface area (Å²) in [4.78, 5) is 28.0. The van der Waals surface area contributed by atoms with E-state index in [0.717, 1.165) is 46.5 Å². The van der Waals surface area contributed by atoms with Crippen LogP contribution in [0.4, 0.5) is 13.2 Å². The van der Waals surface area contributed by atoms with Crippen LogP contribution >= 0.6 is 0 Å². The van der Waals surface area contributed by atoms with Crippen molar-refractivity contribution in [1.29, 1.82) is 0 Å². The zero-order chi connectivity index (χ0) is 38.4. The third-order valence-corrected chi connectivity index (χ3v) is 12.0. The normalized spacial score (nSPS) is 29.7. The molecule has 3 aromatic carbocycles. The van der Waals surface area contributed by atoms with Crippen LogP contribution in [-0.4, -0.2) is 70.7 Å². The van der Waals surface area contributed by atoms with Gasteiger partial charge in [0.05, 0.1) is 18.8 Å². The van der Waals surface area contributed by atoms with Crippen molar-refractivity contribution in [2.24, 2.45) is 16.7 Å². The predicted molar refractivity (Wildman–Crippen MR) is 199 cm³/mol. The lowest BCUT2D eigenvalue weighted by molar-refractivity contribution is -0.276. The number of benzene rings is 3. The molecule has 3 aliphatic heterocycles. The minimum absolute atomic E-state index is 0.0161. The Balaban J connectivity index is 1.05. The first-order valence-corrected chi connectivity index (χ1v) is 19.2. The van der Waals surface area contributed by atoms with Gasteiger partial charge in [-0.25, -0.2) is 0 Å². The molecule has 7 atom stereocenters. The van der Waals surface area contributed by atoms with Gasteiger partial charge < -0.3 is 24.8 Å². The molecule has 0 aromatic heterocycles. The second-order valence-electron chi connectivity index (χ2n) is 17.2. The van der Waals surface area contributed by atoms with Gasteiger partial charge in [-0.2, -0.15) is 13.2 Å². The molecule has 54 heavy (non-hydrogen) atoms. The number of nitrogens with zero attached hydrogens (tertiary/aromatic N) is 2. The molecular weight excluding hydrogens is 695 g/mol. The maximum absolute atomic E-state index is 13.1. The zero-order valence-corrected chi connectivity index (χ0v) is 31.6. The van der Waals surface area contributed by atoms with Crippen molar-refractivity contribution in [2.75, 3.05) is 19.6 Å². The Labute approximate surface area is 316 Å². The van der Waals surface area contributed by atoms with Crippen LogP contribution in [0.15, 0.2) is 72.8 Å². The van der Waals surface area contributed by atoms with Crippen LogP contribution in [0.5, 0.6) is 0 Å². The Morgan fingerprint density at radius 2 is 1.65 bits per heavy atom. The van der Waals surface area contributed by atoms with Crippen LogP contribution in [0.25, 0.3) is 11.1 Å². The molecule has 3 saturated heterocycles. The third-order valence-electron chi connectivity index (χ3n) is 12.0. The van der Waals surface area contributed by atoms with Crippen molar-refractivity contribution in [3.8, 4) is 11.1 Å². The third kappa shape index (κ3) is 8.25. The number of carbonyl (C=O) groups is 2. The second kappa shape index (κ2) is 15.0. The minimum Gasteiger partial charge on any atom is -0.392 e. The van der Waals surface area contributed by atoms with Gasteiger partial charge in [-0.05, 0) is 76.8 Å². The number of carbonyl (C=O) groups excluding carboxylic acids is 2. The lowest BCUT2D eigenvalue weighted by Gasteiger charge is -2.43. The first-order chi connectivity index (χ1) is 25.6. The molecule has 4 aliphatic rings. The van der Waals surface area contributed by atoms with Gasteiger partial charge in [0.15, 0.2) is 6.29 Å². The van der Waals surface area contributed by atoms with E-state index in [0.29, 0.717) is 28.2 Å². The van der Waals surface area contributed by atoms with Crippen LogP contribution in [0.3, 0.4) is 0 Å². The second-order valence-corrected chi connectivity index (χ2v) is 17.2. The molecule has 2 bridgehead atoms. The summed E-state index contributed by atoms with van der Waals surface area (Å²) in [6.07, 6.45) is -1.68. The van der Waals surface area contributed by atoms with Crippen molar-refractivity contribution in [1.82, 2.24) is 15.1 Å². The average molecular weight is 748 g/mol. The average Bonchev–Trinajstić information content (AvgIpc) is 3.72. The largest absolute Gasteiger partial charge is 0.471 e. The highest BCUT2D eigenvalue weighted by Gasteiger charge is 2.51. The first-order valence-electron chi connectivity index (χ1n) is 19.2. The topological polar surface area (TPSA) is 91.3 Å². The number of hydrogen-bond acceptors (Lipinski definition) is 6. The maximum atomic E-state index is 13.1. The molecule has 2 N–H and O–H groups in total. The lowest BCUT2D eigenvalue weighted by Crippen LogP contribution is -2.50. The fraction of sp³-hybridized carbons (Fsp3) is 0.535. The molecule has 2 amide bonds. The molecule has 0 spiro atoms. The minimum atomic E-state index is -5.01. The number of nitrogens with one attached hydrogen (secondary N) is 1. The number of likely N-dealkylation sites (tertiary alicyclic amines) is 2. The van der Waals surface area contributed by atoms with Gasteiger partial charge in [-0.3, -0.25) is 14.5 Å². The Hall–Kier alpha value is -3.77. The van der Waals surface area contributed by atoms with Gasteiger partial charge in [-0.1, -0.05) is 94.4 Å². The summed E-state index contributed by atoms with van der Waals surface area (Å²) in [6.45, 7) is 11.4. The van der Waals surface area contributed by atoms with Crippen LogP contribution < -0.4 is 5.32 Å². The van der Waals surface area contributed by atoms with Crippen molar-refractivity contribution in [3.05, 3.63) is 95.1 Å². The molecule has 1 saturated carbocycles. The molecule has 1 aliphatic carbocycles. The molecule has 3 aromatic rings. The Morgan fingerprint density at radius 1 is 0.926 bits per heavy atom. The zero-order valence-electron chi connectivity index (χ0n) is 31.6. The van der Waals surface area contributed by atoms with Gasteiger partial charge in [-0.15, -0.1) is 0 Å². The molecule has 4 fully saturated rings. The quantitative estimate of drug-likeness (QED) is 0.233. The molecule has 11 heteroatoms. The van der Waals surface area contributed by atoms with E-state index in [2.05, 4.69) is 37.9 Å². The van der Waals surface area contributed by atoms with Gasteiger partial charge in [0.25, 0.3) is 0 Å². The summed E-state index contributed by atoms with van der Waals surface area (Å²) in [5.41, 5.74) is 6.09. The smallest absolute Gasteiger partial charge is 0.392 e. The summed E-state index contributed by atoms with van der Waals surface area (Å²) in [6, 6.07) is 23.1. The van der Waals surface area contributed by atoms with Crippen molar-refractivity contribution < 1.29 is 37.3 Å². The summed E-state index contributed by atoms with van der Waals surface area (Å²) in [7, 11) is 0. The van der Waals surface area contributed by atoms with Gasteiger partial charge in [0.1, 0.15) is 6.04 Å². The summed E-state index contributed by atoms with van der Waals surface area (Å²) in [5.74, 6) is -2.47. The van der Waals surface area contributed by atoms with Gasteiger partial charge in [0.2, 0.25) is 5.91 Å². The monoisotopic (exact) mass is 747 g/mol. The highest BCUT2D eigenvalue weighted by molar-refractivity contribution is 5.90. The molecule has 7 unspecified atom stereocenters. The van der Waals surface area contributed by atoms with Gasteiger partial charge >= 0.3 is 12.1 Å².